The predicted octanol–water partition coefficient (Wildman–Crippen LogP) is 2.26. The third-order valence-electron chi connectivity index (χ3n) is 1.89. The van der Waals surface area contributed by atoms with E-state index in [1.165, 1.54) is 0 Å². The Morgan fingerprint density at radius 1 is 1.62 bits per heavy atom. The number of ketones is 1. The fourth-order valence-electron chi connectivity index (χ4n) is 1.04. The van der Waals surface area contributed by atoms with Gasteiger partial charge in [-0.25, -0.2) is 0 Å². The summed E-state index contributed by atoms with van der Waals surface area (Å²) in [6, 6.07) is 6.43. The fourth-order valence-corrected chi connectivity index (χ4v) is 1.23. The Balaban J connectivity index is 2.89. The zero-order chi connectivity index (χ0) is 9.84. The highest BCUT2D eigenvalue weighted by Crippen LogP contribution is 2.12. The number of benzene rings is 1. The van der Waals surface area contributed by atoms with Crippen molar-refractivity contribution in [2.75, 3.05) is 0 Å². The van der Waals surface area contributed by atoms with Crippen molar-refractivity contribution in [2.24, 2.45) is 5.73 Å². The van der Waals surface area contributed by atoms with E-state index in [0.717, 1.165) is 0 Å². The maximum atomic E-state index is 11.5. The minimum atomic E-state index is -0.418. The lowest BCUT2D eigenvalue weighted by atomic mass is 10.0. The summed E-state index contributed by atoms with van der Waals surface area (Å²) >= 11 is 5.74. The minimum absolute atomic E-state index is 0.0509. The average Bonchev–Trinajstić information content (AvgIpc) is 2.15. The molecule has 0 amide bonds. The van der Waals surface area contributed by atoms with Gasteiger partial charge in [-0.15, -0.1) is 0 Å². The molecule has 2 N–H and O–H groups in total. The molecule has 3 heteroatoms. The molecule has 0 saturated heterocycles. The first-order valence-corrected chi connectivity index (χ1v) is 4.58. The van der Waals surface area contributed by atoms with Crippen LogP contribution in [0.2, 0.25) is 5.02 Å². The second-order valence-corrected chi connectivity index (χ2v) is 3.33. The van der Waals surface area contributed by atoms with E-state index in [-0.39, 0.29) is 5.78 Å². The van der Waals surface area contributed by atoms with Crippen LogP contribution >= 0.6 is 11.6 Å². The van der Waals surface area contributed by atoms with Gasteiger partial charge in [-0.3, -0.25) is 4.79 Å². The van der Waals surface area contributed by atoms with Crippen molar-refractivity contribution in [3.63, 3.8) is 0 Å². The van der Waals surface area contributed by atoms with Crippen molar-refractivity contribution in [3.05, 3.63) is 34.9 Å². The summed E-state index contributed by atoms with van der Waals surface area (Å²) in [4.78, 5) is 11.5. The number of hydrogen-bond donors (Lipinski definition) is 1. The number of hydrogen-bond acceptors (Lipinski definition) is 2. The smallest absolute Gasteiger partial charge is 0.179 e. The molecule has 0 aromatic heterocycles. The Kier molecular flexibility index (Phi) is 3.46. The Morgan fingerprint density at radius 3 is 2.85 bits per heavy atom. The van der Waals surface area contributed by atoms with Crippen LogP contribution in [0.15, 0.2) is 24.3 Å². The number of halogens is 1. The van der Waals surface area contributed by atoms with Crippen LogP contribution in [0.1, 0.15) is 23.7 Å². The number of carbonyl (C=O) groups excluding carboxylic acids is 1. The van der Waals surface area contributed by atoms with Crippen molar-refractivity contribution in [1.82, 2.24) is 0 Å². The van der Waals surface area contributed by atoms with Gasteiger partial charge in [-0.2, -0.15) is 0 Å². The van der Waals surface area contributed by atoms with Gasteiger partial charge < -0.3 is 5.73 Å². The highest BCUT2D eigenvalue weighted by Gasteiger charge is 2.13. The van der Waals surface area contributed by atoms with Gasteiger partial charge in [0, 0.05) is 10.6 Å². The summed E-state index contributed by atoms with van der Waals surface area (Å²) in [5, 5.41) is 0.564. The van der Waals surface area contributed by atoms with Crippen LogP contribution in [0.25, 0.3) is 0 Å². The minimum Gasteiger partial charge on any atom is -0.321 e. The fraction of sp³-hybridized carbons (Fsp3) is 0.300. The van der Waals surface area contributed by atoms with Crippen LogP contribution in [0.5, 0.6) is 0 Å². The predicted molar refractivity (Wildman–Crippen MR) is 54.0 cm³/mol. The monoisotopic (exact) mass is 197 g/mol. The molecule has 70 valence electrons. The number of Topliss-reactive ketones (excluding diaryl/α,β-unsaturated/α-hetero) is 1. The van der Waals surface area contributed by atoms with E-state index in [2.05, 4.69) is 0 Å². The summed E-state index contributed by atoms with van der Waals surface area (Å²) in [7, 11) is 0. The summed E-state index contributed by atoms with van der Waals surface area (Å²) in [6.07, 6.45) is 0.644. The molecule has 13 heavy (non-hydrogen) atoms. The van der Waals surface area contributed by atoms with Gasteiger partial charge in [0.1, 0.15) is 0 Å². The maximum absolute atomic E-state index is 11.5. The second-order valence-electron chi connectivity index (χ2n) is 2.89. The highest BCUT2D eigenvalue weighted by molar-refractivity contribution is 6.31. The Morgan fingerprint density at radius 2 is 2.31 bits per heavy atom. The maximum Gasteiger partial charge on any atom is 0.179 e. The van der Waals surface area contributed by atoms with Crippen molar-refractivity contribution >= 4 is 17.4 Å². The normalized spacial score (nSPS) is 12.5. The van der Waals surface area contributed by atoms with Crippen LogP contribution in [0, 0.1) is 0 Å². The van der Waals surface area contributed by atoms with Gasteiger partial charge in [-0.1, -0.05) is 30.7 Å². The van der Waals surface area contributed by atoms with Gasteiger partial charge in [0.25, 0.3) is 0 Å². The summed E-state index contributed by atoms with van der Waals surface area (Å²) in [5.74, 6) is -0.0509. The van der Waals surface area contributed by atoms with Crippen LogP contribution in [-0.2, 0) is 0 Å². The molecule has 0 fully saturated rings. The van der Waals surface area contributed by atoms with E-state index >= 15 is 0 Å². The molecule has 0 saturated carbocycles. The summed E-state index contributed by atoms with van der Waals surface area (Å²) in [6.45, 7) is 1.88. The lowest BCUT2D eigenvalue weighted by Crippen LogP contribution is -2.29. The largest absolute Gasteiger partial charge is 0.321 e. The molecule has 1 atom stereocenters. The zero-order valence-corrected chi connectivity index (χ0v) is 8.21. The second kappa shape index (κ2) is 4.40. The van der Waals surface area contributed by atoms with Crippen molar-refractivity contribution in [3.8, 4) is 0 Å². The summed E-state index contributed by atoms with van der Waals surface area (Å²) in [5.41, 5.74) is 6.19. The number of rotatable bonds is 3. The lowest BCUT2D eigenvalue weighted by Gasteiger charge is -2.07. The molecule has 0 spiro atoms. The molecule has 0 heterocycles. The first-order valence-electron chi connectivity index (χ1n) is 4.20. The van der Waals surface area contributed by atoms with Crippen LogP contribution < -0.4 is 5.73 Å². The Labute approximate surface area is 82.7 Å². The van der Waals surface area contributed by atoms with E-state index in [0.29, 0.717) is 17.0 Å². The molecule has 0 aliphatic rings. The van der Waals surface area contributed by atoms with Gasteiger partial charge in [0.15, 0.2) is 5.78 Å². The SMILES string of the molecule is CCC(N)C(=O)c1cccc(Cl)c1. The van der Waals surface area contributed by atoms with Gasteiger partial charge in [-0.05, 0) is 18.6 Å². The van der Waals surface area contributed by atoms with Gasteiger partial charge in [0.2, 0.25) is 0 Å². The average molecular weight is 198 g/mol. The van der Waals surface area contributed by atoms with Crippen LogP contribution in [-0.4, -0.2) is 11.8 Å². The highest BCUT2D eigenvalue weighted by atomic mass is 35.5. The molecule has 0 bridgehead atoms. The molecule has 0 aliphatic carbocycles. The van der Waals surface area contributed by atoms with Crippen molar-refractivity contribution in [1.29, 1.82) is 0 Å². The summed E-state index contributed by atoms with van der Waals surface area (Å²) < 4.78 is 0. The molecule has 1 rings (SSSR count). The quantitative estimate of drug-likeness (QED) is 0.756. The third-order valence-corrected chi connectivity index (χ3v) is 2.12. The molecule has 0 radical (unpaired) electrons. The molecular formula is C10H12ClNO. The van der Waals surface area contributed by atoms with Gasteiger partial charge in [0.05, 0.1) is 6.04 Å². The molecule has 0 aliphatic heterocycles. The first kappa shape index (κ1) is 10.2. The standard InChI is InChI=1S/C10H12ClNO/c1-2-9(12)10(13)7-4-3-5-8(11)6-7/h3-6,9H,2,12H2,1H3. The molecule has 1 aromatic carbocycles. The molecule has 1 unspecified atom stereocenters. The van der Waals surface area contributed by atoms with E-state index < -0.39 is 6.04 Å². The molecular weight excluding hydrogens is 186 g/mol. The van der Waals surface area contributed by atoms with E-state index in [1.54, 1.807) is 24.3 Å². The van der Waals surface area contributed by atoms with E-state index in [1.807, 2.05) is 6.92 Å². The van der Waals surface area contributed by atoms with Crippen molar-refractivity contribution in [2.45, 2.75) is 19.4 Å². The van der Waals surface area contributed by atoms with E-state index in [9.17, 15) is 4.79 Å². The van der Waals surface area contributed by atoms with Crippen molar-refractivity contribution < 1.29 is 4.79 Å². The number of carbonyl (C=O) groups is 1. The lowest BCUT2D eigenvalue weighted by molar-refractivity contribution is 0.0959. The topological polar surface area (TPSA) is 43.1 Å². The third kappa shape index (κ3) is 2.54. The molecule has 2 nitrogen and oxygen atoms in total. The van der Waals surface area contributed by atoms with E-state index in [4.69, 9.17) is 17.3 Å². The molecule has 1 aromatic rings. The Bertz CT molecular complexity index is 312. The first-order chi connectivity index (χ1) is 6.15. The number of nitrogens with two attached hydrogens (primary N) is 1. The van der Waals surface area contributed by atoms with Crippen LogP contribution in [0.3, 0.4) is 0 Å². The Hall–Kier alpha value is -0.860. The van der Waals surface area contributed by atoms with Crippen LogP contribution in [0.4, 0.5) is 0 Å². The van der Waals surface area contributed by atoms with Gasteiger partial charge >= 0.3 is 0 Å². The zero-order valence-electron chi connectivity index (χ0n) is 7.46.